The van der Waals surface area contributed by atoms with Crippen LogP contribution in [0.3, 0.4) is 0 Å². The van der Waals surface area contributed by atoms with E-state index in [0.717, 1.165) is 37.7 Å². The van der Waals surface area contributed by atoms with Gasteiger partial charge in [0.1, 0.15) is 11.6 Å². The summed E-state index contributed by atoms with van der Waals surface area (Å²) in [5.41, 5.74) is 3.92. The summed E-state index contributed by atoms with van der Waals surface area (Å²) >= 11 is 0. The van der Waals surface area contributed by atoms with E-state index in [1.54, 1.807) is 0 Å². The highest BCUT2D eigenvalue weighted by Gasteiger charge is 2.18. The van der Waals surface area contributed by atoms with Gasteiger partial charge in [0.15, 0.2) is 0 Å². The van der Waals surface area contributed by atoms with Crippen molar-refractivity contribution in [2.24, 2.45) is 0 Å². The highest BCUT2D eigenvalue weighted by molar-refractivity contribution is 5.97. The number of nitrogens with zero attached hydrogens (tertiary/aromatic N) is 1. The molecule has 2 rings (SSSR count). The number of rotatable bonds is 11. The molecule has 1 amide bonds. The molecule has 1 aromatic carbocycles. The SMILES string of the molecule is CCC(NC(=O)/C(C#N)=C\NCCCCCC(=O)O)c1ccc2c(c1)CCCC2. The minimum Gasteiger partial charge on any atom is -0.481 e. The molecule has 29 heavy (non-hydrogen) atoms. The standard InChI is InChI=1S/C23H31N3O3/c1-2-21(19-12-11-17-8-5-6-9-18(17)14-19)26-23(29)20(15-24)16-25-13-7-3-4-10-22(27)28/h11-12,14,16,21,25H,2-10,13H2,1H3,(H,26,29)(H,27,28)/b20-16-. The van der Waals surface area contributed by atoms with E-state index >= 15 is 0 Å². The highest BCUT2D eigenvalue weighted by atomic mass is 16.4. The summed E-state index contributed by atoms with van der Waals surface area (Å²) in [6.45, 7) is 2.62. The maximum absolute atomic E-state index is 12.5. The van der Waals surface area contributed by atoms with Crippen LogP contribution in [0.5, 0.6) is 0 Å². The average molecular weight is 398 g/mol. The van der Waals surface area contributed by atoms with Crippen LogP contribution in [0.25, 0.3) is 0 Å². The number of nitrogens with one attached hydrogen (secondary N) is 2. The summed E-state index contributed by atoms with van der Waals surface area (Å²) in [6, 6.07) is 8.30. The van der Waals surface area contributed by atoms with E-state index in [2.05, 4.69) is 28.8 Å². The fourth-order valence-electron chi connectivity index (χ4n) is 3.63. The zero-order chi connectivity index (χ0) is 21.1. The molecule has 0 saturated heterocycles. The molecule has 0 aromatic heterocycles. The van der Waals surface area contributed by atoms with Crippen molar-refractivity contribution in [1.82, 2.24) is 10.6 Å². The lowest BCUT2D eigenvalue weighted by Gasteiger charge is -2.21. The van der Waals surface area contributed by atoms with E-state index in [0.29, 0.717) is 13.0 Å². The maximum atomic E-state index is 12.5. The Kier molecular flexibility index (Phi) is 9.23. The number of carboxylic acids is 1. The minimum absolute atomic E-state index is 0.0481. The number of benzene rings is 1. The largest absolute Gasteiger partial charge is 0.481 e. The van der Waals surface area contributed by atoms with Gasteiger partial charge in [0.25, 0.3) is 5.91 Å². The van der Waals surface area contributed by atoms with Gasteiger partial charge in [0.2, 0.25) is 0 Å². The molecule has 1 aliphatic carbocycles. The van der Waals surface area contributed by atoms with Crippen molar-refractivity contribution in [3.63, 3.8) is 0 Å². The van der Waals surface area contributed by atoms with Gasteiger partial charge < -0.3 is 15.7 Å². The molecule has 1 atom stereocenters. The molecule has 0 bridgehead atoms. The van der Waals surface area contributed by atoms with E-state index in [9.17, 15) is 14.9 Å². The molecule has 6 heteroatoms. The molecular formula is C23H31N3O3. The van der Waals surface area contributed by atoms with Crippen molar-refractivity contribution >= 4 is 11.9 Å². The second-order valence-electron chi connectivity index (χ2n) is 7.50. The van der Waals surface area contributed by atoms with Gasteiger partial charge >= 0.3 is 5.97 Å². The first-order chi connectivity index (χ1) is 14.0. The number of hydrogen-bond acceptors (Lipinski definition) is 4. The summed E-state index contributed by atoms with van der Waals surface area (Å²) in [4.78, 5) is 23.0. The number of amides is 1. The normalized spacial score (nSPS) is 14.4. The molecule has 6 nitrogen and oxygen atoms in total. The Labute approximate surface area is 173 Å². The lowest BCUT2D eigenvalue weighted by molar-refractivity contribution is -0.137. The summed E-state index contributed by atoms with van der Waals surface area (Å²) < 4.78 is 0. The van der Waals surface area contributed by atoms with Crippen molar-refractivity contribution in [3.8, 4) is 6.07 Å². The summed E-state index contributed by atoms with van der Waals surface area (Å²) in [5, 5.41) is 23.9. The predicted molar refractivity (Wildman–Crippen MR) is 112 cm³/mol. The number of carbonyl (C=O) groups excluding carboxylic acids is 1. The Hall–Kier alpha value is -2.81. The van der Waals surface area contributed by atoms with Crippen LogP contribution in [0.1, 0.15) is 74.6 Å². The lowest BCUT2D eigenvalue weighted by Crippen LogP contribution is -2.30. The maximum Gasteiger partial charge on any atom is 0.303 e. The number of fused-ring (bicyclic) bond motifs is 1. The monoisotopic (exact) mass is 397 g/mol. The van der Waals surface area contributed by atoms with Gasteiger partial charge in [0, 0.05) is 19.2 Å². The van der Waals surface area contributed by atoms with Crippen LogP contribution in [0.15, 0.2) is 30.0 Å². The molecule has 1 aliphatic rings. The third kappa shape index (κ3) is 7.26. The van der Waals surface area contributed by atoms with Crippen molar-refractivity contribution in [1.29, 1.82) is 5.26 Å². The summed E-state index contributed by atoms with van der Waals surface area (Å²) in [5.74, 6) is -1.17. The van der Waals surface area contributed by atoms with Crippen LogP contribution in [0, 0.1) is 11.3 Å². The van der Waals surface area contributed by atoms with Crippen molar-refractivity contribution < 1.29 is 14.7 Å². The second kappa shape index (κ2) is 11.9. The summed E-state index contributed by atoms with van der Waals surface area (Å²) in [7, 11) is 0. The minimum atomic E-state index is -0.786. The predicted octanol–water partition coefficient (Wildman–Crippen LogP) is 3.77. The Morgan fingerprint density at radius 1 is 1.21 bits per heavy atom. The first-order valence-corrected chi connectivity index (χ1v) is 10.5. The number of hydrogen-bond donors (Lipinski definition) is 3. The van der Waals surface area contributed by atoms with Crippen molar-refractivity contribution in [2.45, 2.75) is 70.8 Å². The van der Waals surface area contributed by atoms with Crippen LogP contribution < -0.4 is 10.6 Å². The number of carbonyl (C=O) groups is 2. The van der Waals surface area contributed by atoms with Gasteiger partial charge in [-0.25, -0.2) is 0 Å². The van der Waals surface area contributed by atoms with Crippen LogP contribution in [-0.4, -0.2) is 23.5 Å². The molecule has 0 radical (unpaired) electrons. The molecule has 0 saturated carbocycles. The van der Waals surface area contributed by atoms with Gasteiger partial charge in [0.05, 0.1) is 6.04 Å². The molecule has 0 aliphatic heterocycles. The number of carboxylic acid groups (broad SMARTS) is 1. The second-order valence-corrected chi connectivity index (χ2v) is 7.50. The zero-order valence-corrected chi connectivity index (χ0v) is 17.2. The molecule has 0 heterocycles. The number of unbranched alkanes of at least 4 members (excludes halogenated alkanes) is 2. The van der Waals surface area contributed by atoms with E-state index < -0.39 is 5.97 Å². The Bertz CT molecular complexity index is 780. The Balaban J connectivity index is 1.88. The zero-order valence-electron chi connectivity index (χ0n) is 17.2. The third-order valence-corrected chi connectivity index (χ3v) is 5.31. The van der Waals surface area contributed by atoms with E-state index in [1.807, 2.05) is 13.0 Å². The van der Waals surface area contributed by atoms with E-state index in [4.69, 9.17) is 5.11 Å². The topological polar surface area (TPSA) is 102 Å². The van der Waals surface area contributed by atoms with E-state index in [-0.39, 0.29) is 23.9 Å². The first-order valence-electron chi connectivity index (χ1n) is 10.5. The number of aryl methyl sites for hydroxylation is 2. The van der Waals surface area contributed by atoms with Crippen LogP contribution >= 0.6 is 0 Å². The summed E-state index contributed by atoms with van der Waals surface area (Å²) in [6.07, 6.45) is 9.25. The first kappa shape index (κ1) is 22.5. The quantitative estimate of drug-likeness (QED) is 0.300. The van der Waals surface area contributed by atoms with Gasteiger partial charge in [-0.05, 0) is 61.6 Å². The van der Waals surface area contributed by atoms with Gasteiger partial charge in [-0.3, -0.25) is 9.59 Å². The van der Waals surface area contributed by atoms with Gasteiger partial charge in [-0.2, -0.15) is 5.26 Å². The van der Waals surface area contributed by atoms with Gasteiger partial charge in [-0.1, -0.05) is 31.5 Å². The number of nitriles is 1. The molecule has 0 fully saturated rings. The lowest BCUT2D eigenvalue weighted by atomic mass is 9.88. The van der Waals surface area contributed by atoms with Crippen molar-refractivity contribution in [2.75, 3.05) is 6.54 Å². The van der Waals surface area contributed by atoms with Crippen LogP contribution in [0.4, 0.5) is 0 Å². The molecule has 1 aromatic rings. The van der Waals surface area contributed by atoms with Gasteiger partial charge in [-0.15, -0.1) is 0 Å². The Morgan fingerprint density at radius 2 is 1.97 bits per heavy atom. The molecule has 1 unspecified atom stereocenters. The van der Waals surface area contributed by atoms with E-state index in [1.165, 1.54) is 30.2 Å². The highest BCUT2D eigenvalue weighted by Crippen LogP contribution is 2.26. The molecular weight excluding hydrogens is 366 g/mol. The molecule has 3 N–H and O–H groups in total. The molecule has 0 spiro atoms. The number of aliphatic carboxylic acids is 1. The molecule has 156 valence electrons. The Morgan fingerprint density at radius 3 is 2.66 bits per heavy atom. The fourth-order valence-corrected chi connectivity index (χ4v) is 3.63. The van der Waals surface area contributed by atoms with Crippen molar-refractivity contribution in [3.05, 3.63) is 46.7 Å². The fraction of sp³-hybridized carbons (Fsp3) is 0.522. The van der Waals surface area contributed by atoms with Crippen LogP contribution in [-0.2, 0) is 22.4 Å². The smallest absolute Gasteiger partial charge is 0.303 e. The average Bonchev–Trinajstić information content (AvgIpc) is 2.73. The van der Waals surface area contributed by atoms with Crippen LogP contribution in [0.2, 0.25) is 0 Å². The third-order valence-electron chi connectivity index (χ3n) is 5.31.